The second kappa shape index (κ2) is 5.19. The van der Waals surface area contributed by atoms with Crippen LogP contribution in [0.1, 0.15) is 0 Å². The lowest BCUT2D eigenvalue weighted by atomic mass is 11.7. The number of halogens is 3. The Morgan fingerprint density at radius 3 is 2.29 bits per heavy atom. The number of rotatable bonds is 3. The molecular weight excluding hydrogens is 174 g/mol. The van der Waals surface area contributed by atoms with Gasteiger partial charge in [-0.1, -0.05) is 23.2 Å². The minimum absolute atomic E-state index is 0.197. The van der Waals surface area contributed by atoms with Crippen molar-refractivity contribution in [3.05, 3.63) is 0 Å². The van der Waals surface area contributed by atoms with E-state index in [4.69, 9.17) is 34.8 Å². The van der Waals surface area contributed by atoms with Gasteiger partial charge in [0.25, 0.3) is 0 Å². The van der Waals surface area contributed by atoms with Gasteiger partial charge in [-0.2, -0.15) is 0 Å². The summed E-state index contributed by atoms with van der Waals surface area (Å²) in [6.07, 6.45) is 0. The van der Waals surface area contributed by atoms with Crippen molar-refractivity contribution < 1.29 is 4.43 Å². The molecule has 0 aliphatic rings. The highest BCUT2D eigenvalue weighted by Crippen LogP contribution is 2.00. The molecule has 0 spiro atoms. The van der Waals surface area contributed by atoms with Crippen LogP contribution >= 0.6 is 34.8 Å². The zero-order valence-corrected chi connectivity index (χ0v) is 6.59. The summed E-state index contributed by atoms with van der Waals surface area (Å²) in [6, 6.07) is 0. The first-order chi connectivity index (χ1) is 3.27. The minimum atomic E-state index is -0.725. The lowest BCUT2D eigenvalue weighted by Crippen LogP contribution is -2.03. The highest BCUT2D eigenvalue weighted by Gasteiger charge is 1.95. The molecule has 2 radical (unpaired) electrons. The number of hydrogen-bond donors (Lipinski definition) is 0. The normalized spacial score (nSPS) is 10.3. The molecule has 0 saturated heterocycles. The van der Waals surface area contributed by atoms with E-state index in [0.717, 1.165) is 0 Å². The summed E-state index contributed by atoms with van der Waals surface area (Å²) in [7, 11) is 0.197. The molecule has 0 rings (SSSR count). The molecule has 7 heavy (non-hydrogen) atoms. The topological polar surface area (TPSA) is 9.23 Å². The van der Waals surface area contributed by atoms with Gasteiger partial charge in [0.2, 0.25) is 9.76 Å². The van der Waals surface area contributed by atoms with E-state index in [2.05, 4.69) is 4.43 Å². The molecule has 0 N–H and O–H groups in total. The molecule has 0 aliphatic heterocycles. The average molecular weight is 177 g/mol. The van der Waals surface area contributed by atoms with Crippen LogP contribution in [-0.2, 0) is 4.43 Å². The van der Waals surface area contributed by atoms with Crippen LogP contribution in [-0.4, -0.2) is 20.3 Å². The Labute approximate surface area is 59.8 Å². The average Bonchev–Trinajstić information content (AvgIpc) is 1.61. The van der Waals surface area contributed by atoms with Gasteiger partial charge in [-0.3, -0.25) is 0 Å². The summed E-state index contributed by atoms with van der Waals surface area (Å²) < 4.78 is 4.62. The van der Waals surface area contributed by atoms with Crippen molar-refractivity contribution in [3.8, 4) is 0 Å². The van der Waals surface area contributed by atoms with Crippen molar-refractivity contribution in [1.29, 1.82) is 0 Å². The Hall–Kier alpha value is 1.05. The van der Waals surface area contributed by atoms with Gasteiger partial charge in [0, 0.05) is 5.50 Å². The zero-order chi connectivity index (χ0) is 5.70. The first-order valence-electron chi connectivity index (χ1n) is 1.50. The van der Waals surface area contributed by atoms with Crippen LogP contribution < -0.4 is 0 Å². The van der Waals surface area contributed by atoms with E-state index < -0.39 is 5.02 Å². The molecule has 0 unspecified atom stereocenters. The Bertz CT molecular complexity index is 41.9. The maximum Gasteiger partial charge on any atom is 0.249 e. The zero-order valence-electron chi connectivity index (χ0n) is 3.33. The van der Waals surface area contributed by atoms with E-state index in [1.54, 1.807) is 0 Å². The minimum Gasteiger partial charge on any atom is -0.389 e. The first-order valence-corrected chi connectivity index (χ1v) is 4.02. The van der Waals surface area contributed by atoms with Gasteiger partial charge in [0.1, 0.15) is 0 Å². The molecule has 0 aromatic carbocycles. The van der Waals surface area contributed by atoms with Gasteiger partial charge >= 0.3 is 0 Å². The third-order valence-corrected chi connectivity index (χ3v) is 1.54. The van der Waals surface area contributed by atoms with E-state index >= 15 is 0 Å². The van der Waals surface area contributed by atoms with Crippen molar-refractivity contribution in [2.75, 3.05) is 5.50 Å². The molecule has 1 nitrogen and oxygen atoms in total. The molecular formula is C2H3Cl3OSi. The van der Waals surface area contributed by atoms with Gasteiger partial charge in [0.15, 0.2) is 5.02 Å². The maximum atomic E-state index is 5.22. The number of alkyl halides is 3. The number of hydrogen-bond acceptors (Lipinski definition) is 1. The summed E-state index contributed by atoms with van der Waals surface area (Å²) in [4.78, 5) is 0. The maximum absolute atomic E-state index is 5.22. The molecule has 0 bridgehead atoms. The largest absolute Gasteiger partial charge is 0.389 e. The quantitative estimate of drug-likeness (QED) is 0.470. The monoisotopic (exact) mass is 176 g/mol. The Morgan fingerprint density at radius 2 is 2.14 bits per heavy atom. The fourth-order valence-electron chi connectivity index (χ4n) is 0.0945. The molecule has 0 aromatic rings. The van der Waals surface area contributed by atoms with Crippen molar-refractivity contribution in [1.82, 2.24) is 0 Å². The van der Waals surface area contributed by atoms with Gasteiger partial charge in [0.05, 0.1) is 0 Å². The molecule has 0 fully saturated rings. The van der Waals surface area contributed by atoms with Gasteiger partial charge in [-0.15, -0.1) is 11.6 Å². The molecule has 42 valence electrons. The third kappa shape index (κ3) is 7.05. The second-order valence-electron chi connectivity index (χ2n) is 0.656. The SMILES string of the molecule is ClC[Si]OC(Cl)Cl. The Morgan fingerprint density at radius 1 is 1.57 bits per heavy atom. The molecule has 0 heterocycles. The van der Waals surface area contributed by atoms with E-state index in [9.17, 15) is 0 Å². The van der Waals surface area contributed by atoms with Crippen LogP contribution in [0.4, 0.5) is 0 Å². The molecule has 0 amide bonds. The molecule has 0 saturated carbocycles. The molecule has 5 heteroatoms. The molecule has 0 aromatic heterocycles. The lowest BCUT2D eigenvalue weighted by molar-refractivity contribution is 0.379. The second-order valence-corrected chi connectivity index (χ2v) is 3.27. The van der Waals surface area contributed by atoms with Crippen LogP contribution in [0.3, 0.4) is 0 Å². The van der Waals surface area contributed by atoms with E-state index in [1.807, 2.05) is 0 Å². The first kappa shape index (κ1) is 8.05. The molecule has 0 aliphatic carbocycles. The predicted molar refractivity (Wildman–Crippen MR) is 33.1 cm³/mol. The predicted octanol–water partition coefficient (Wildman–Crippen LogP) is 1.58. The van der Waals surface area contributed by atoms with Crippen LogP contribution in [0.15, 0.2) is 0 Å². The highest BCUT2D eigenvalue weighted by atomic mass is 35.5. The summed E-state index contributed by atoms with van der Waals surface area (Å²) in [5, 5.41) is -0.725. The van der Waals surface area contributed by atoms with E-state index in [-0.39, 0.29) is 9.76 Å². The van der Waals surface area contributed by atoms with Gasteiger partial charge < -0.3 is 4.43 Å². The van der Waals surface area contributed by atoms with Crippen LogP contribution in [0.5, 0.6) is 0 Å². The standard InChI is InChI=1S/C2H3Cl3OSi/c3-1-7-6-2(4)5/h2H,1H2. The Kier molecular flexibility index (Phi) is 5.96. The van der Waals surface area contributed by atoms with E-state index in [1.165, 1.54) is 0 Å². The smallest absolute Gasteiger partial charge is 0.249 e. The third-order valence-electron chi connectivity index (χ3n) is 0.227. The summed E-state index contributed by atoms with van der Waals surface area (Å²) in [5.41, 5.74) is 0.454. The molecule has 0 atom stereocenters. The van der Waals surface area contributed by atoms with Crippen molar-refractivity contribution in [2.45, 2.75) is 5.02 Å². The highest BCUT2D eigenvalue weighted by molar-refractivity contribution is 6.49. The van der Waals surface area contributed by atoms with Crippen molar-refractivity contribution in [2.24, 2.45) is 0 Å². The van der Waals surface area contributed by atoms with E-state index in [0.29, 0.717) is 5.50 Å². The summed E-state index contributed by atoms with van der Waals surface area (Å²) in [5.74, 6) is 0. The summed E-state index contributed by atoms with van der Waals surface area (Å²) >= 11 is 15.5. The van der Waals surface area contributed by atoms with Gasteiger partial charge in [-0.25, -0.2) is 0 Å². The lowest BCUT2D eigenvalue weighted by Gasteiger charge is -1.96. The van der Waals surface area contributed by atoms with Crippen LogP contribution in [0.2, 0.25) is 0 Å². The summed E-state index contributed by atoms with van der Waals surface area (Å²) in [6.45, 7) is 0. The van der Waals surface area contributed by atoms with Gasteiger partial charge in [-0.05, 0) is 0 Å². The van der Waals surface area contributed by atoms with Crippen molar-refractivity contribution in [3.63, 3.8) is 0 Å². The van der Waals surface area contributed by atoms with Crippen molar-refractivity contribution >= 4 is 44.6 Å². The van der Waals surface area contributed by atoms with Crippen LogP contribution in [0, 0.1) is 0 Å². The van der Waals surface area contributed by atoms with Crippen LogP contribution in [0.25, 0.3) is 0 Å². The Balaban J connectivity index is 2.68. The fraction of sp³-hybridized carbons (Fsp3) is 1.00. The fourth-order valence-corrected chi connectivity index (χ4v) is 0.850.